The van der Waals surface area contributed by atoms with E-state index in [9.17, 15) is 4.39 Å². The van der Waals surface area contributed by atoms with Gasteiger partial charge in [0.25, 0.3) is 0 Å². The van der Waals surface area contributed by atoms with E-state index in [0.717, 1.165) is 24.0 Å². The van der Waals surface area contributed by atoms with Crippen LogP contribution in [0.15, 0.2) is 30.8 Å². The highest BCUT2D eigenvalue weighted by Crippen LogP contribution is 2.19. The summed E-state index contributed by atoms with van der Waals surface area (Å²) in [5, 5.41) is 0. The van der Waals surface area contributed by atoms with Crippen LogP contribution in [-0.2, 0) is 0 Å². The smallest absolute Gasteiger partial charge is 0.123 e. The van der Waals surface area contributed by atoms with Crippen LogP contribution in [0.1, 0.15) is 38.2 Å². The van der Waals surface area contributed by atoms with Crippen LogP contribution >= 0.6 is 0 Å². The number of rotatable bonds is 5. The first-order valence-corrected chi connectivity index (χ1v) is 5.17. The quantitative estimate of drug-likeness (QED) is 0.606. The topological polar surface area (TPSA) is 0 Å². The Labute approximate surface area is 85.5 Å². The molecule has 76 valence electrons. The fourth-order valence-corrected chi connectivity index (χ4v) is 1.44. The molecular weight excluding hydrogens is 175 g/mol. The summed E-state index contributed by atoms with van der Waals surface area (Å²) in [4.78, 5) is 0. The van der Waals surface area contributed by atoms with E-state index in [0.29, 0.717) is 0 Å². The van der Waals surface area contributed by atoms with E-state index in [-0.39, 0.29) is 5.82 Å². The lowest BCUT2D eigenvalue weighted by Crippen LogP contribution is -1.85. The molecule has 0 atom stereocenters. The van der Waals surface area contributed by atoms with E-state index < -0.39 is 0 Å². The van der Waals surface area contributed by atoms with Crippen LogP contribution in [0.25, 0.3) is 5.57 Å². The third kappa shape index (κ3) is 3.33. The molecule has 0 saturated heterocycles. The molecule has 0 heterocycles. The SMILES string of the molecule is C=C(CCCCC)c1cccc(F)c1. The number of unbranched alkanes of at least 4 members (excludes halogenated alkanes) is 2. The summed E-state index contributed by atoms with van der Waals surface area (Å²) in [5.74, 6) is -0.181. The third-order valence-electron chi connectivity index (χ3n) is 2.31. The normalized spacial score (nSPS) is 10.1. The highest BCUT2D eigenvalue weighted by atomic mass is 19.1. The van der Waals surface area contributed by atoms with Gasteiger partial charge < -0.3 is 0 Å². The van der Waals surface area contributed by atoms with Crippen molar-refractivity contribution in [3.63, 3.8) is 0 Å². The van der Waals surface area contributed by atoms with Crippen LogP contribution in [-0.4, -0.2) is 0 Å². The van der Waals surface area contributed by atoms with E-state index in [2.05, 4.69) is 13.5 Å². The summed E-state index contributed by atoms with van der Waals surface area (Å²) < 4.78 is 12.9. The van der Waals surface area contributed by atoms with Crippen molar-refractivity contribution >= 4 is 5.57 Å². The minimum absolute atomic E-state index is 0.181. The average molecular weight is 192 g/mol. The van der Waals surface area contributed by atoms with Gasteiger partial charge in [-0.25, -0.2) is 4.39 Å². The number of hydrogen-bond donors (Lipinski definition) is 0. The van der Waals surface area contributed by atoms with Crippen molar-refractivity contribution < 1.29 is 4.39 Å². The van der Waals surface area contributed by atoms with Crippen molar-refractivity contribution in [2.45, 2.75) is 32.6 Å². The van der Waals surface area contributed by atoms with Gasteiger partial charge in [0, 0.05) is 0 Å². The predicted octanol–water partition coefficient (Wildman–Crippen LogP) is 4.42. The Kier molecular flexibility index (Phi) is 4.37. The van der Waals surface area contributed by atoms with Crippen molar-refractivity contribution in [1.29, 1.82) is 0 Å². The maximum absolute atomic E-state index is 12.9. The summed E-state index contributed by atoms with van der Waals surface area (Å²) in [6, 6.07) is 6.66. The molecule has 1 aromatic rings. The Bertz CT molecular complexity index is 302. The molecule has 0 bridgehead atoms. The van der Waals surface area contributed by atoms with Crippen molar-refractivity contribution in [3.05, 3.63) is 42.2 Å². The molecule has 0 aliphatic heterocycles. The maximum atomic E-state index is 12.9. The molecule has 1 heteroatoms. The number of halogens is 1. The zero-order valence-corrected chi connectivity index (χ0v) is 8.72. The first kappa shape index (κ1) is 11.0. The second-order valence-electron chi connectivity index (χ2n) is 3.57. The molecule has 1 aromatic carbocycles. The highest BCUT2D eigenvalue weighted by molar-refractivity contribution is 5.63. The fraction of sp³-hybridized carbons (Fsp3) is 0.385. The molecule has 0 aliphatic rings. The van der Waals surface area contributed by atoms with Crippen molar-refractivity contribution in [2.24, 2.45) is 0 Å². The minimum atomic E-state index is -0.181. The van der Waals surface area contributed by atoms with E-state index in [4.69, 9.17) is 0 Å². The third-order valence-corrected chi connectivity index (χ3v) is 2.31. The van der Waals surface area contributed by atoms with Gasteiger partial charge in [0.1, 0.15) is 5.82 Å². The second-order valence-corrected chi connectivity index (χ2v) is 3.57. The Morgan fingerprint density at radius 3 is 2.79 bits per heavy atom. The summed E-state index contributed by atoms with van der Waals surface area (Å²) in [5.41, 5.74) is 1.97. The lowest BCUT2D eigenvalue weighted by molar-refractivity contribution is 0.627. The first-order valence-electron chi connectivity index (χ1n) is 5.17. The lowest BCUT2D eigenvalue weighted by atomic mass is 10.0. The van der Waals surface area contributed by atoms with Crippen LogP contribution in [0, 0.1) is 5.82 Å². The summed E-state index contributed by atoms with van der Waals surface area (Å²) >= 11 is 0. The lowest BCUT2D eigenvalue weighted by Gasteiger charge is -2.05. The van der Waals surface area contributed by atoms with E-state index in [1.165, 1.54) is 18.9 Å². The van der Waals surface area contributed by atoms with Gasteiger partial charge >= 0.3 is 0 Å². The molecule has 14 heavy (non-hydrogen) atoms. The summed E-state index contributed by atoms with van der Waals surface area (Å²) in [7, 11) is 0. The second kappa shape index (κ2) is 5.58. The number of allylic oxidation sites excluding steroid dienone is 1. The summed E-state index contributed by atoms with van der Waals surface area (Å²) in [6.45, 7) is 6.14. The zero-order valence-electron chi connectivity index (χ0n) is 8.72. The van der Waals surface area contributed by atoms with Gasteiger partial charge in [0.05, 0.1) is 0 Å². The Hall–Kier alpha value is -1.11. The Morgan fingerprint density at radius 1 is 1.36 bits per heavy atom. The largest absolute Gasteiger partial charge is 0.207 e. The molecule has 1 rings (SSSR count). The van der Waals surface area contributed by atoms with Gasteiger partial charge in [-0.2, -0.15) is 0 Å². The van der Waals surface area contributed by atoms with E-state index in [1.54, 1.807) is 12.1 Å². The van der Waals surface area contributed by atoms with Gasteiger partial charge in [0.15, 0.2) is 0 Å². The average Bonchev–Trinajstić information content (AvgIpc) is 2.18. The molecule has 0 fully saturated rings. The Morgan fingerprint density at radius 2 is 2.14 bits per heavy atom. The fourth-order valence-electron chi connectivity index (χ4n) is 1.44. The molecule has 0 nitrogen and oxygen atoms in total. The number of hydrogen-bond acceptors (Lipinski definition) is 0. The molecule has 0 aromatic heterocycles. The number of benzene rings is 1. The van der Waals surface area contributed by atoms with E-state index >= 15 is 0 Å². The standard InChI is InChI=1S/C13H17F/c1-3-4-5-7-11(2)12-8-6-9-13(14)10-12/h6,8-10H,2-5,7H2,1H3. The first-order chi connectivity index (χ1) is 6.74. The zero-order chi connectivity index (χ0) is 10.4. The molecule has 0 unspecified atom stereocenters. The van der Waals surface area contributed by atoms with Gasteiger partial charge in [-0.15, -0.1) is 0 Å². The summed E-state index contributed by atoms with van der Waals surface area (Å²) in [6.07, 6.45) is 4.54. The van der Waals surface area contributed by atoms with Crippen LogP contribution in [0.3, 0.4) is 0 Å². The van der Waals surface area contributed by atoms with Crippen molar-refractivity contribution in [2.75, 3.05) is 0 Å². The highest BCUT2D eigenvalue weighted by Gasteiger charge is 1.99. The van der Waals surface area contributed by atoms with Crippen molar-refractivity contribution in [1.82, 2.24) is 0 Å². The van der Waals surface area contributed by atoms with Crippen LogP contribution in [0.5, 0.6) is 0 Å². The van der Waals surface area contributed by atoms with Gasteiger partial charge in [0.2, 0.25) is 0 Å². The molecule has 0 aliphatic carbocycles. The predicted molar refractivity (Wildman–Crippen MR) is 59.6 cm³/mol. The molecule has 0 amide bonds. The van der Waals surface area contributed by atoms with Crippen LogP contribution < -0.4 is 0 Å². The minimum Gasteiger partial charge on any atom is -0.207 e. The van der Waals surface area contributed by atoms with Gasteiger partial charge in [-0.3, -0.25) is 0 Å². The van der Waals surface area contributed by atoms with Crippen LogP contribution in [0.2, 0.25) is 0 Å². The molecule has 0 radical (unpaired) electrons. The van der Waals surface area contributed by atoms with Gasteiger partial charge in [-0.05, 0) is 36.1 Å². The monoisotopic (exact) mass is 192 g/mol. The molecule has 0 spiro atoms. The van der Waals surface area contributed by atoms with Crippen LogP contribution in [0.4, 0.5) is 4.39 Å². The van der Waals surface area contributed by atoms with E-state index in [1.807, 2.05) is 6.07 Å². The van der Waals surface area contributed by atoms with Crippen molar-refractivity contribution in [3.8, 4) is 0 Å². The molecule has 0 saturated carbocycles. The van der Waals surface area contributed by atoms with Gasteiger partial charge in [-0.1, -0.05) is 38.5 Å². The molecule has 0 N–H and O–H groups in total. The Balaban J connectivity index is 2.52. The maximum Gasteiger partial charge on any atom is 0.123 e. The molecular formula is C13H17F.